The Kier molecular flexibility index (Phi) is 2.90. The van der Waals surface area contributed by atoms with Crippen LogP contribution in [-0.2, 0) is 12.5 Å². The van der Waals surface area contributed by atoms with Crippen LogP contribution in [0.25, 0.3) is 10.8 Å². The highest BCUT2D eigenvalue weighted by Gasteiger charge is 2.19. The Morgan fingerprint density at radius 1 is 1.18 bits per heavy atom. The van der Waals surface area contributed by atoms with Crippen molar-refractivity contribution < 1.29 is 0 Å². The fraction of sp³-hybridized carbons (Fsp3) is 0.357. The second kappa shape index (κ2) is 3.98. The lowest BCUT2D eigenvalue weighted by atomic mass is 9.85. The zero-order valence-corrected chi connectivity index (χ0v) is 12.1. The molecular formula is C14H16BrNO. The Balaban J connectivity index is 2.99. The van der Waals surface area contributed by atoms with Gasteiger partial charge in [0.05, 0.1) is 0 Å². The van der Waals surface area contributed by atoms with Gasteiger partial charge in [0, 0.05) is 23.1 Å². The summed E-state index contributed by atoms with van der Waals surface area (Å²) < 4.78 is 2.67. The molecule has 17 heavy (non-hydrogen) atoms. The van der Waals surface area contributed by atoms with E-state index < -0.39 is 0 Å². The van der Waals surface area contributed by atoms with Crippen molar-refractivity contribution in [3.63, 3.8) is 0 Å². The molecule has 2 nitrogen and oxygen atoms in total. The lowest BCUT2D eigenvalue weighted by Gasteiger charge is -2.22. The van der Waals surface area contributed by atoms with Crippen LogP contribution < -0.4 is 5.56 Å². The zero-order valence-electron chi connectivity index (χ0n) is 10.5. The maximum Gasteiger partial charge on any atom is 0.258 e. The second-order valence-corrected chi connectivity index (χ2v) is 6.31. The van der Waals surface area contributed by atoms with Gasteiger partial charge in [0.2, 0.25) is 0 Å². The first-order chi connectivity index (χ1) is 7.80. The molecule has 1 heterocycles. The molecule has 0 fully saturated rings. The zero-order chi connectivity index (χ0) is 12.8. The van der Waals surface area contributed by atoms with Gasteiger partial charge in [-0.25, -0.2) is 0 Å². The number of nitrogens with zero attached hydrogens (tertiary/aromatic N) is 1. The predicted octanol–water partition coefficient (Wildman–Crippen LogP) is 3.60. The normalized spacial score (nSPS) is 12.1. The summed E-state index contributed by atoms with van der Waals surface area (Å²) >= 11 is 3.47. The van der Waals surface area contributed by atoms with E-state index in [0.717, 1.165) is 15.2 Å². The third-order valence-electron chi connectivity index (χ3n) is 2.95. The van der Waals surface area contributed by atoms with Gasteiger partial charge in [-0.05, 0) is 34.6 Å². The van der Waals surface area contributed by atoms with Crippen molar-refractivity contribution in [2.45, 2.75) is 26.2 Å². The van der Waals surface area contributed by atoms with Crippen molar-refractivity contribution in [1.82, 2.24) is 4.57 Å². The van der Waals surface area contributed by atoms with Gasteiger partial charge in [-0.2, -0.15) is 0 Å². The summed E-state index contributed by atoms with van der Waals surface area (Å²) in [4.78, 5) is 12.1. The molecule has 0 aliphatic carbocycles. The van der Waals surface area contributed by atoms with Gasteiger partial charge < -0.3 is 4.57 Å². The lowest BCUT2D eigenvalue weighted by Crippen LogP contribution is -2.22. The minimum Gasteiger partial charge on any atom is -0.318 e. The average Bonchev–Trinajstić information content (AvgIpc) is 2.21. The van der Waals surface area contributed by atoms with Crippen LogP contribution in [0.3, 0.4) is 0 Å². The maximum absolute atomic E-state index is 12.1. The largest absolute Gasteiger partial charge is 0.318 e. The smallest absolute Gasteiger partial charge is 0.258 e. The molecular weight excluding hydrogens is 278 g/mol. The molecule has 90 valence electrons. The van der Waals surface area contributed by atoms with Gasteiger partial charge in [-0.1, -0.05) is 36.7 Å². The highest BCUT2D eigenvalue weighted by atomic mass is 79.9. The second-order valence-electron chi connectivity index (χ2n) is 5.40. The van der Waals surface area contributed by atoms with Crippen LogP contribution in [-0.4, -0.2) is 4.57 Å². The third kappa shape index (κ3) is 2.16. The molecule has 0 aliphatic heterocycles. The molecule has 0 N–H and O–H groups in total. The summed E-state index contributed by atoms with van der Waals surface area (Å²) in [6.07, 6.45) is 1.94. The van der Waals surface area contributed by atoms with E-state index in [1.54, 1.807) is 11.6 Å². The van der Waals surface area contributed by atoms with E-state index in [0.29, 0.717) is 0 Å². The molecule has 0 saturated heterocycles. The Morgan fingerprint density at radius 3 is 2.41 bits per heavy atom. The SMILES string of the molecule is Cn1cc(C(C)(C)C)c2cc(Br)ccc2c1=O. The molecule has 0 spiro atoms. The van der Waals surface area contributed by atoms with Gasteiger partial charge in [0.25, 0.3) is 5.56 Å². The van der Waals surface area contributed by atoms with E-state index >= 15 is 0 Å². The Labute approximate surface area is 109 Å². The molecule has 0 bridgehead atoms. The summed E-state index contributed by atoms with van der Waals surface area (Å²) in [5, 5.41) is 1.82. The van der Waals surface area contributed by atoms with Crippen molar-refractivity contribution in [1.29, 1.82) is 0 Å². The highest BCUT2D eigenvalue weighted by molar-refractivity contribution is 9.10. The topological polar surface area (TPSA) is 22.0 Å². The third-order valence-corrected chi connectivity index (χ3v) is 3.45. The number of hydrogen-bond donors (Lipinski definition) is 0. The van der Waals surface area contributed by atoms with Gasteiger partial charge in [-0.15, -0.1) is 0 Å². The number of fused-ring (bicyclic) bond motifs is 1. The Morgan fingerprint density at radius 2 is 1.82 bits per heavy atom. The van der Waals surface area contributed by atoms with Crippen LogP contribution in [0.1, 0.15) is 26.3 Å². The summed E-state index contributed by atoms with van der Waals surface area (Å²) in [7, 11) is 1.80. The molecule has 0 radical (unpaired) electrons. The van der Waals surface area contributed by atoms with Crippen LogP contribution in [0.15, 0.2) is 33.7 Å². The van der Waals surface area contributed by atoms with E-state index in [2.05, 4.69) is 36.7 Å². The quantitative estimate of drug-likeness (QED) is 0.727. The minimum absolute atomic E-state index is 0.0184. The number of pyridine rings is 1. The number of hydrogen-bond acceptors (Lipinski definition) is 1. The summed E-state index contributed by atoms with van der Waals surface area (Å²) in [6, 6.07) is 5.82. The van der Waals surface area contributed by atoms with E-state index in [-0.39, 0.29) is 11.0 Å². The first kappa shape index (κ1) is 12.4. The summed E-state index contributed by atoms with van der Waals surface area (Å²) in [5.41, 5.74) is 1.27. The number of halogens is 1. The average molecular weight is 294 g/mol. The van der Waals surface area contributed by atoms with E-state index in [9.17, 15) is 4.79 Å². The molecule has 1 aromatic carbocycles. The fourth-order valence-electron chi connectivity index (χ4n) is 2.04. The van der Waals surface area contributed by atoms with Crippen LogP contribution >= 0.6 is 15.9 Å². The Hall–Kier alpha value is -1.09. The maximum atomic E-state index is 12.1. The summed E-state index contributed by atoms with van der Waals surface area (Å²) in [6.45, 7) is 6.48. The standard InChI is InChI=1S/C14H16BrNO/c1-14(2,3)12-8-16(4)13(17)10-6-5-9(15)7-11(10)12/h5-8H,1-4H3. The monoisotopic (exact) mass is 293 g/mol. The van der Waals surface area contributed by atoms with Crippen molar-refractivity contribution in [3.8, 4) is 0 Å². The van der Waals surface area contributed by atoms with E-state index in [1.165, 1.54) is 5.56 Å². The van der Waals surface area contributed by atoms with Crippen molar-refractivity contribution in [2.24, 2.45) is 7.05 Å². The lowest BCUT2D eigenvalue weighted by molar-refractivity contribution is 0.587. The summed E-state index contributed by atoms with van der Waals surface area (Å²) in [5.74, 6) is 0. The van der Waals surface area contributed by atoms with Gasteiger partial charge >= 0.3 is 0 Å². The molecule has 0 aliphatic rings. The van der Waals surface area contributed by atoms with Crippen LogP contribution in [0.4, 0.5) is 0 Å². The van der Waals surface area contributed by atoms with Crippen LogP contribution in [0.5, 0.6) is 0 Å². The van der Waals surface area contributed by atoms with E-state index in [1.807, 2.05) is 24.4 Å². The minimum atomic E-state index is 0.0184. The van der Waals surface area contributed by atoms with Crippen molar-refractivity contribution >= 4 is 26.7 Å². The molecule has 2 aromatic rings. The molecule has 3 heteroatoms. The first-order valence-electron chi connectivity index (χ1n) is 5.60. The molecule has 0 atom stereocenters. The number of benzene rings is 1. The van der Waals surface area contributed by atoms with Crippen LogP contribution in [0.2, 0.25) is 0 Å². The molecule has 2 rings (SSSR count). The number of rotatable bonds is 0. The van der Waals surface area contributed by atoms with E-state index in [4.69, 9.17) is 0 Å². The molecule has 1 aromatic heterocycles. The molecule has 0 saturated carbocycles. The fourth-order valence-corrected chi connectivity index (χ4v) is 2.40. The Bertz CT molecular complexity index is 635. The van der Waals surface area contributed by atoms with Gasteiger partial charge in [-0.3, -0.25) is 4.79 Å². The van der Waals surface area contributed by atoms with Gasteiger partial charge in [0.15, 0.2) is 0 Å². The number of aryl methyl sites for hydroxylation is 1. The molecule has 0 unspecified atom stereocenters. The van der Waals surface area contributed by atoms with Crippen LogP contribution in [0, 0.1) is 0 Å². The predicted molar refractivity (Wildman–Crippen MR) is 75.6 cm³/mol. The molecule has 0 amide bonds. The number of aromatic nitrogens is 1. The van der Waals surface area contributed by atoms with Crippen molar-refractivity contribution in [2.75, 3.05) is 0 Å². The highest BCUT2D eigenvalue weighted by Crippen LogP contribution is 2.29. The van der Waals surface area contributed by atoms with Crippen molar-refractivity contribution in [3.05, 3.63) is 44.8 Å². The van der Waals surface area contributed by atoms with Gasteiger partial charge in [0.1, 0.15) is 0 Å². The first-order valence-corrected chi connectivity index (χ1v) is 6.39.